The first-order chi connectivity index (χ1) is 13.0. The van der Waals surface area contributed by atoms with E-state index >= 15 is 0 Å². The molecule has 0 aliphatic carbocycles. The zero-order valence-electron chi connectivity index (χ0n) is 16.5. The summed E-state index contributed by atoms with van der Waals surface area (Å²) in [5.41, 5.74) is 2.94. The van der Waals surface area contributed by atoms with Gasteiger partial charge in [0.2, 0.25) is 11.8 Å². The molecule has 3 heterocycles. The molecule has 8 nitrogen and oxygen atoms in total. The molecule has 27 heavy (non-hydrogen) atoms. The molecule has 2 aliphatic rings. The summed E-state index contributed by atoms with van der Waals surface area (Å²) in [6.45, 7) is 9.70. The van der Waals surface area contributed by atoms with Crippen LogP contribution in [0.1, 0.15) is 17.0 Å². The maximum Gasteiger partial charge on any atom is 0.246 e. The number of nitrogens with zero attached hydrogens (tertiary/aromatic N) is 5. The number of amides is 2. The van der Waals surface area contributed by atoms with Gasteiger partial charge in [0.1, 0.15) is 0 Å². The lowest BCUT2D eigenvalue weighted by molar-refractivity contribution is -0.138. The van der Waals surface area contributed by atoms with Crippen LogP contribution in [0.5, 0.6) is 0 Å². The average molecular weight is 375 g/mol. The van der Waals surface area contributed by atoms with E-state index in [-0.39, 0.29) is 11.8 Å². The summed E-state index contributed by atoms with van der Waals surface area (Å²) < 4.78 is 7.13. The van der Waals surface area contributed by atoms with Crippen molar-refractivity contribution in [3.05, 3.63) is 23.0 Å². The largest absolute Gasteiger partial charge is 0.379 e. The molecule has 1 aromatic rings. The second kappa shape index (κ2) is 8.67. The fourth-order valence-electron chi connectivity index (χ4n) is 3.52. The van der Waals surface area contributed by atoms with Crippen LogP contribution < -0.4 is 0 Å². The lowest BCUT2D eigenvalue weighted by Gasteiger charge is -2.36. The number of aromatic nitrogens is 2. The third-order valence-electron chi connectivity index (χ3n) is 5.36. The number of hydrogen-bond donors (Lipinski definition) is 0. The fourth-order valence-corrected chi connectivity index (χ4v) is 3.52. The molecule has 0 aromatic carbocycles. The summed E-state index contributed by atoms with van der Waals surface area (Å²) in [6, 6.07) is 0. The molecule has 0 saturated carbocycles. The minimum Gasteiger partial charge on any atom is -0.379 e. The van der Waals surface area contributed by atoms with Gasteiger partial charge >= 0.3 is 0 Å². The normalized spacial score (nSPS) is 19.1. The van der Waals surface area contributed by atoms with Crippen LogP contribution >= 0.6 is 0 Å². The molecule has 2 amide bonds. The van der Waals surface area contributed by atoms with Gasteiger partial charge in [-0.15, -0.1) is 0 Å². The Labute approximate surface area is 160 Å². The zero-order chi connectivity index (χ0) is 19.4. The Bertz CT molecular complexity index is 713. The van der Waals surface area contributed by atoms with E-state index in [0.717, 1.165) is 30.0 Å². The van der Waals surface area contributed by atoms with Crippen molar-refractivity contribution in [2.24, 2.45) is 7.05 Å². The first kappa shape index (κ1) is 19.6. The van der Waals surface area contributed by atoms with Gasteiger partial charge in [-0.1, -0.05) is 0 Å². The van der Waals surface area contributed by atoms with Gasteiger partial charge in [-0.25, -0.2) is 0 Å². The van der Waals surface area contributed by atoms with Gasteiger partial charge in [0, 0.05) is 63.6 Å². The smallest absolute Gasteiger partial charge is 0.246 e. The highest BCUT2D eigenvalue weighted by Gasteiger charge is 2.25. The van der Waals surface area contributed by atoms with Gasteiger partial charge in [-0.05, 0) is 19.9 Å². The van der Waals surface area contributed by atoms with E-state index in [4.69, 9.17) is 4.74 Å². The summed E-state index contributed by atoms with van der Waals surface area (Å²) in [4.78, 5) is 30.7. The Morgan fingerprint density at radius 2 is 1.67 bits per heavy atom. The Morgan fingerprint density at radius 3 is 2.26 bits per heavy atom. The van der Waals surface area contributed by atoms with E-state index in [9.17, 15) is 9.59 Å². The lowest BCUT2D eigenvalue weighted by Crippen LogP contribution is -2.53. The third kappa shape index (κ3) is 4.75. The molecule has 0 N–H and O–H groups in total. The van der Waals surface area contributed by atoms with Crippen molar-refractivity contribution < 1.29 is 14.3 Å². The summed E-state index contributed by atoms with van der Waals surface area (Å²) in [5.74, 6) is 0.124. The molecule has 0 radical (unpaired) electrons. The van der Waals surface area contributed by atoms with Crippen molar-refractivity contribution in [1.82, 2.24) is 24.5 Å². The highest BCUT2D eigenvalue weighted by atomic mass is 16.5. The van der Waals surface area contributed by atoms with Crippen molar-refractivity contribution in [3.63, 3.8) is 0 Å². The van der Waals surface area contributed by atoms with E-state index in [1.807, 2.05) is 36.6 Å². The number of aryl methyl sites for hydroxylation is 2. The molecule has 2 fully saturated rings. The fraction of sp³-hybridized carbons (Fsp3) is 0.632. The van der Waals surface area contributed by atoms with E-state index in [1.165, 1.54) is 0 Å². The monoisotopic (exact) mass is 375 g/mol. The summed E-state index contributed by atoms with van der Waals surface area (Å²) >= 11 is 0. The van der Waals surface area contributed by atoms with Gasteiger partial charge in [0.25, 0.3) is 0 Å². The number of ether oxygens (including phenoxy) is 1. The minimum absolute atomic E-state index is 0.0158. The van der Waals surface area contributed by atoms with Gasteiger partial charge in [0.05, 0.1) is 25.5 Å². The Morgan fingerprint density at radius 1 is 1.04 bits per heavy atom. The van der Waals surface area contributed by atoms with Crippen LogP contribution in [0, 0.1) is 13.8 Å². The van der Waals surface area contributed by atoms with Gasteiger partial charge in [0.15, 0.2) is 0 Å². The molecule has 0 bridgehead atoms. The highest BCUT2D eigenvalue weighted by molar-refractivity contribution is 5.92. The number of hydrogen-bond acceptors (Lipinski definition) is 5. The molecule has 3 rings (SSSR count). The Kier molecular flexibility index (Phi) is 6.28. The van der Waals surface area contributed by atoms with E-state index < -0.39 is 0 Å². The SMILES string of the molecule is Cc1nn(C)c(C)c1/C=C/C(=O)N1CCN(C(=O)CN2CCOCC2)CC1. The highest BCUT2D eigenvalue weighted by Crippen LogP contribution is 2.14. The van der Waals surface area contributed by atoms with E-state index in [0.29, 0.717) is 45.9 Å². The lowest BCUT2D eigenvalue weighted by atomic mass is 10.2. The Balaban J connectivity index is 1.48. The van der Waals surface area contributed by atoms with Crippen LogP contribution in [0.4, 0.5) is 0 Å². The molecule has 2 aliphatic heterocycles. The third-order valence-corrected chi connectivity index (χ3v) is 5.36. The van der Waals surface area contributed by atoms with Crippen LogP contribution in [0.25, 0.3) is 6.08 Å². The van der Waals surface area contributed by atoms with Crippen LogP contribution in [0.15, 0.2) is 6.08 Å². The topological polar surface area (TPSA) is 70.9 Å². The van der Waals surface area contributed by atoms with Crippen LogP contribution in [0.2, 0.25) is 0 Å². The van der Waals surface area contributed by atoms with Crippen molar-refractivity contribution in [2.45, 2.75) is 13.8 Å². The van der Waals surface area contributed by atoms with Gasteiger partial charge < -0.3 is 14.5 Å². The first-order valence-corrected chi connectivity index (χ1v) is 9.51. The van der Waals surface area contributed by atoms with Crippen LogP contribution in [-0.2, 0) is 21.4 Å². The molecule has 148 valence electrons. The van der Waals surface area contributed by atoms with Crippen LogP contribution in [-0.4, -0.2) is 95.3 Å². The van der Waals surface area contributed by atoms with Crippen molar-refractivity contribution >= 4 is 17.9 Å². The van der Waals surface area contributed by atoms with Gasteiger partial charge in [-0.3, -0.25) is 19.2 Å². The number of morpholine rings is 1. The van der Waals surface area contributed by atoms with Crippen molar-refractivity contribution in [2.75, 3.05) is 59.0 Å². The number of rotatable bonds is 4. The summed E-state index contributed by atoms with van der Waals surface area (Å²) in [5, 5.41) is 4.36. The maximum atomic E-state index is 12.5. The quantitative estimate of drug-likeness (QED) is 0.696. The summed E-state index contributed by atoms with van der Waals surface area (Å²) in [7, 11) is 1.90. The molecule has 0 spiro atoms. The van der Waals surface area contributed by atoms with Crippen molar-refractivity contribution in [1.29, 1.82) is 0 Å². The average Bonchev–Trinajstić information content (AvgIpc) is 2.92. The zero-order valence-corrected chi connectivity index (χ0v) is 16.5. The van der Waals surface area contributed by atoms with Crippen LogP contribution in [0.3, 0.4) is 0 Å². The standard InChI is InChI=1S/C19H29N5O3/c1-15-17(16(2)21(3)20-15)4-5-18(25)23-6-8-24(9-7-23)19(26)14-22-10-12-27-13-11-22/h4-5H,6-14H2,1-3H3/b5-4+. The molecule has 8 heteroatoms. The van der Waals surface area contributed by atoms with E-state index in [2.05, 4.69) is 10.00 Å². The Hall–Kier alpha value is -2.19. The molecule has 1 aromatic heterocycles. The maximum absolute atomic E-state index is 12.5. The second-order valence-electron chi connectivity index (χ2n) is 7.14. The number of piperazine rings is 1. The minimum atomic E-state index is -0.0158. The molecule has 0 atom stereocenters. The number of carbonyl (C=O) groups is 2. The first-order valence-electron chi connectivity index (χ1n) is 9.51. The molecular weight excluding hydrogens is 346 g/mol. The van der Waals surface area contributed by atoms with Crippen molar-refractivity contribution in [3.8, 4) is 0 Å². The molecule has 0 unspecified atom stereocenters. The summed E-state index contributed by atoms with van der Waals surface area (Å²) in [6.07, 6.45) is 3.46. The predicted octanol–water partition coefficient (Wildman–Crippen LogP) is 0.0531. The van der Waals surface area contributed by atoms with Gasteiger partial charge in [-0.2, -0.15) is 5.10 Å². The second-order valence-corrected chi connectivity index (χ2v) is 7.14. The van der Waals surface area contributed by atoms with E-state index in [1.54, 1.807) is 11.0 Å². The number of carbonyl (C=O) groups excluding carboxylic acids is 2. The molecule has 2 saturated heterocycles. The predicted molar refractivity (Wildman–Crippen MR) is 102 cm³/mol. The molecular formula is C19H29N5O3.